The van der Waals surface area contributed by atoms with E-state index in [0.29, 0.717) is 5.92 Å². The minimum atomic E-state index is 0.133. The summed E-state index contributed by atoms with van der Waals surface area (Å²) in [4.78, 5) is 4.69. The molecule has 0 bridgehead atoms. The van der Waals surface area contributed by atoms with E-state index in [1.165, 1.54) is 44.9 Å². The summed E-state index contributed by atoms with van der Waals surface area (Å²) < 4.78 is 5.57. The Hall–Kier alpha value is -0.900. The second-order valence-corrected chi connectivity index (χ2v) is 6.55. The van der Waals surface area contributed by atoms with E-state index in [9.17, 15) is 0 Å². The van der Waals surface area contributed by atoms with Gasteiger partial charge in [0.05, 0.1) is 0 Å². The third-order valence-corrected chi connectivity index (χ3v) is 4.81. The van der Waals surface area contributed by atoms with Crippen molar-refractivity contribution in [2.45, 2.75) is 63.7 Å². The number of hydrogen-bond donors (Lipinski definition) is 1. The number of nitrogens with zero attached hydrogens (tertiary/aromatic N) is 2. The van der Waals surface area contributed by atoms with Crippen molar-refractivity contribution in [3.63, 3.8) is 0 Å². The van der Waals surface area contributed by atoms with Crippen LogP contribution in [-0.2, 0) is 11.8 Å². The number of hydrogen-bond acceptors (Lipinski definition) is 4. The van der Waals surface area contributed by atoms with Crippen LogP contribution in [0.5, 0.6) is 0 Å². The molecule has 0 radical (unpaired) electrons. The third-order valence-electron chi connectivity index (χ3n) is 4.81. The predicted octanol–water partition coefficient (Wildman–Crippen LogP) is 2.83. The van der Waals surface area contributed by atoms with Gasteiger partial charge in [-0.15, -0.1) is 0 Å². The molecule has 1 aromatic rings. The van der Waals surface area contributed by atoms with Crippen LogP contribution in [0.15, 0.2) is 4.52 Å². The van der Waals surface area contributed by atoms with E-state index in [4.69, 9.17) is 9.51 Å². The lowest BCUT2D eigenvalue weighted by Gasteiger charge is -2.29. The van der Waals surface area contributed by atoms with Crippen molar-refractivity contribution in [2.24, 2.45) is 5.92 Å². The van der Waals surface area contributed by atoms with E-state index in [-0.39, 0.29) is 5.41 Å². The molecule has 106 valence electrons. The van der Waals surface area contributed by atoms with E-state index in [2.05, 4.69) is 17.4 Å². The molecule has 0 amide bonds. The molecule has 3 rings (SSSR count). The normalized spacial score (nSPS) is 27.3. The Bertz CT molecular complexity index is 403. The first kappa shape index (κ1) is 13.1. The maximum absolute atomic E-state index is 5.57. The topological polar surface area (TPSA) is 51.0 Å². The van der Waals surface area contributed by atoms with Gasteiger partial charge in [0.2, 0.25) is 5.89 Å². The molecule has 1 saturated heterocycles. The van der Waals surface area contributed by atoms with Crippen molar-refractivity contribution in [3.05, 3.63) is 11.7 Å². The molecule has 4 nitrogen and oxygen atoms in total. The van der Waals surface area contributed by atoms with Gasteiger partial charge in [0.25, 0.3) is 0 Å². The van der Waals surface area contributed by atoms with Crippen molar-refractivity contribution in [1.82, 2.24) is 15.5 Å². The zero-order chi connectivity index (χ0) is 13.1. The van der Waals surface area contributed by atoms with Crippen molar-refractivity contribution >= 4 is 0 Å². The summed E-state index contributed by atoms with van der Waals surface area (Å²) in [5, 5.41) is 7.66. The molecule has 0 aromatic carbocycles. The molecular weight excluding hydrogens is 238 g/mol. The van der Waals surface area contributed by atoms with Crippen LogP contribution in [0.2, 0.25) is 0 Å². The average Bonchev–Trinajstić information content (AvgIpc) is 2.90. The summed E-state index contributed by atoms with van der Waals surface area (Å²) in [6, 6.07) is 0. The Morgan fingerprint density at radius 2 is 2.11 bits per heavy atom. The highest BCUT2D eigenvalue weighted by Gasteiger charge is 2.34. The zero-order valence-electron chi connectivity index (χ0n) is 12.0. The second kappa shape index (κ2) is 5.61. The molecule has 2 heterocycles. The van der Waals surface area contributed by atoms with Crippen LogP contribution in [0.25, 0.3) is 0 Å². The van der Waals surface area contributed by atoms with Gasteiger partial charge in [-0.25, -0.2) is 0 Å². The molecule has 1 aromatic heterocycles. The van der Waals surface area contributed by atoms with E-state index in [1.54, 1.807) is 0 Å². The van der Waals surface area contributed by atoms with Gasteiger partial charge in [-0.05, 0) is 44.7 Å². The Labute approximate surface area is 115 Å². The van der Waals surface area contributed by atoms with Crippen molar-refractivity contribution in [3.8, 4) is 0 Å². The van der Waals surface area contributed by atoms with E-state index < -0.39 is 0 Å². The highest BCUT2D eigenvalue weighted by atomic mass is 16.5. The molecule has 2 fully saturated rings. The lowest BCUT2D eigenvalue weighted by Crippen LogP contribution is -2.31. The molecule has 19 heavy (non-hydrogen) atoms. The highest BCUT2D eigenvalue weighted by molar-refractivity contribution is 5.05. The molecule has 1 aliphatic heterocycles. The van der Waals surface area contributed by atoms with Crippen LogP contribution in [0, 0.1) is 5.92 Å². The van der Waals surface area contributed by atoms with Gasteiger partial charge in [-0.1, -0.05) is 31.3 Å². The van der Waals surface area contributed by atoms with Crippen LogP contribution in [0.4, 0.5) is 0 Å². The molecule has 0 spiro atoms. The second-order valence-electron chi connectivity index (χ2n) is 6.55. The van der Waals surface area contributed by atoms with E-state index in [1.807, 2.05) is 0 Å². The molecule has 1 atom stereocenters. The number of nitrogens with one attached hydrogen (secondary N) is 1. The fraction of sp³-hybridized carbons (Fsp3) is 0.867. The van der Waals surface area contributed by atoms with Gasteiger partial charge in [0.15, 0.2) is 5.82 Å². The molecule has 4 heteroatoms. The maximum Gasteiger partial charge on any atom is 0.232 e. The van der Waals surface area contributed by atoms with E-state index in [0.717, 1.165) is 31.2 Å². The lowest BCUT2D eigenvalue weighted by molar-refractivity contribution is 0.231. The summed E-state index contributed by atoms with van der Waals surface area (Å²) in [5.74, 6) is 2.47. The first-order valence-electron chi connectivity index (χ1n) is 7.80. The number of aromatic nitrogens is 2. The van der Waals surface area contributed by atoms with Gasteiger partial charge in [-0.3, -0.25) is 0 Å². The van der Waals surface area contributed by atoms with Crippen molar-refractivity contribution < 1.29 is 4.52 Å². The maximum atomic E-state index is 5.57. The molecule has 1 aliphatic carbocycles. The smallest absolute Gasteiger partial charge is 0.232 e. The summed E-state index contributed by atoms with van der Waals surface area (Å²) in [6.07, 6.45) is 9.85. The third kappa shape index (κ3) is 2.99. The average molecular weight is 263 g/mol. The summed E-state index contributed by atoms with van der Waals surface area (Å²) in [6.45, 7) is 4.54. The zero-order valence-corrected chi connectivity index (χ0v) is 12.0. The Balaban J connectivity index is 1.65. The van der Waals surface area contributed by atoms with Gasteiger partial charge in [0, 0.05) is 11.8 Å². The Morgan fingerprint density at radius 3 is 2.84 bits per heavy atom. The molecule has 1 N–H and O–H groups in total. The van der Waals surface area contributed by atoms with Crippen molar-refractivity contribution in [1.29, 1.82) is 0 Å². The Morgan fingerprint density at radius 1 is 1.26 bits per heavy atom. The standard InChI is InChI=1S/C15H25N3O/c1-15(7-3-2-4-8-15)14-17-13(18-19-14)10-12-6-5-9-16-11-12/h12,16H,2-11H2,1H3. The quantitative estimate of drug-likeness (QED) is 0.911. The SMILES string of the molecule is CC1(c2nc(CC3CCCNC3)no2)CCCCC1. The summed E-state index contributed by atoms with van der Waals surface area (Å²) in [5.41, 5.74) is 0.133. The summed E-state index contributed by atoms with van der Waals surface area (Å²) in [7, 11) is 0. The Kier molecular flexibility index (Phi) is 3.87. The van der Waals surface area contributed by atoms with Crippen LogP contribution in [0.3, 0.4) is 0 Å². The van der Waals surface area contributed by atoms with Crippen LogP contribution in [0.1, 0.15) is 63.6 Å². The molecule has 1 unspecified atom stereocenters. The minimum Gasteiger partial charge on any atom is -0.339 e. The number of piperidine rings is 1. The van der Waals surface area contributed by atoms with Gasteiger partial charge >= 0.3 is 0 Å². The van der Waals surface area contributed by atoms with Gasteiger partial charge in [-0.2, -0.15) is 4.98 Å². The monoisotopic (exact) mass is 263 g/mol. The largest absolute Gasteiger partial charge is 0.339 e. The van der Waals surface area contributed by atoms with Crippen LogP contribution in [-0.4, -0.2) is 23.2 Å². The first-order valence-corrected chi connectivity index (χ1v) is 7.80. The molecule has 2 aliphatic rings. The fourth-order valence-electron chi connectivity index (χ4n) is 3.48. The minimum absolute atomic E-state index is 0.133. The molecule has 1 saturated carbocycles. The summed E-state index contributed by atoms with van der Waals surface area (Å²) >= 11 is 0. The van der Waals surface area contributed by atoms with Crippen LogP contribution < -0.4 is 5.32 Å². The molecular formula is C15H25N3O. The fourth-order valence-corrected chi connectivity index (χ4v) is 3.48. The van der Waals surface area contributed by atoms with Gasteiger partial charge in [0.1, 0.15) is 0 Å². The van der Waals surface area contributed by atoms with Crippen LogP contribution >= 0.6 is 0 Å². The van der Waals surface area contributed by atoms with E-state index >= 15 is 0 Å². The number of rotatable bonds is 3. The highest BCUT2D eigenvalue weighted by Crippen LogP contribution is 2.38. The van der Waals surface area contributed by atoms with Crippen molar-refractivity contribution in [2.75, 3.05) is 13.1 Å². The van der Waals surface area contributed by atoms with Gasteiger partial charge < -0.3 is 9.84 Å². The first-order chi connectivity index (χ1) is 9.26. The predicted molar refractivity (Wildman–Crippen MR) is 74.0 cm³/mol. The lowest BCUT2D eigenvalue weighted by atomic mass is 9.75.